The third-order valence-electron chi connectivity index (χ3n) is 3.73. The van der Waals surface area contributed by atoms with E-state index in [0.29, 0.717) is 5.75 Å². The minimum Gasteiger partial charge on any atom is -0.494 e. The van der Waals surface area contributed by atoms with Gasteiger partial charge in [0.25, 0.3) is 0 Å². The summed E-state index contributed by atoms with van der Waals surface area (Å²) in [5.41, 5.74) is 0.721. The SMILES string of the molecule is CNC(CC1CCC1)c1cccc(OC)c1F. The van der Waals surface area contributed by atoms with Crippen molar-refractivity contribution in [2.24, 2.45) is 5.92 Å². The predicted octanol–water partition coefficient (Wildman–Crippen LogP) is 3.29. The first-order valence-corrected chi connectivity index (χ1v) is 6.26. The van der Waals surface area contributed by atoms with Crippen LogP contribution >= 0.6 is 0 Å². The van der Waals surface area contributed by atoms with Gasteiger partial charge >= 0.3 is 0 Å². The van der Waals surface area contributed by atoms with Crippen molar-refractivity contribution in [3.8, 4) is 5.75 Å². The van der Waals surface area contributed by atoms with Crippen LogP contribution < -0.4 is 10.1 Å². The average molecular weight is 237 g/mol. The summed E-state index contributed by atoms with van der Waals surface area (Å²) in [6.07, 6.45) is 4.90. The first-order chi connectivity index (χ1) is 8.26. The van der Waals surface area contributed by atoms with Gasteiger partial charge in [-0.2, -0.15) is 0 Å². The zero-order chi connectivity index (χ0) is 12.3. The van der Waals surface area contributed by atoms with Gasteiger partial charge in [-0.05, 0) is 25.5 Å². The minimum atomic E-state index is -0.228. The van der Waals surface area contributed by atoms with Gasteiger partial charge in [0, 0.05) is 11.6 Å². The van der Waals surface area contributed by atoms with Gasteiger partial charge in [-0.25, -0.2) is 4.39 Å². The first-order valence-electron chi connectivity index (χ1n) is 6.26. The van der Waals surface area contributed by atoms with Crippen LogP contribution in [0, 0.1) is 11.7 Å². The van der Waals surface area contributed by atoms with Crippen LogP contribution in [0.4, 0.5) is 4.39 Å². The van der Waals surface area contributed by atoms with Crippen molar-refractivity contribution < 1.29 is 9.13 Å². The van der Waals surface area contributed by atoms with Gasteiger partial charge in [0.05, 0.1) is 7.11 Å². The molecule has 0 saturated heterocycles. The maximum absolute atomic E-state index is 14.1. The molecule has 1 saturated carbocycles. The van der Waals surface area contributed by atoms with E-state index in [1.54, 1.807) is 6.07 Å². The Bertz CT molecular complexity index is 376. The summed E-state index contributed by atoms with van der Waals surface area (Å²) in [5, 5.41) is 3.21. The number of methoxy groups -OCH3 is 1. The van der Waals surface area contributed by atoms with Gasteiger partial charge in [-0.3, -0.25) is 0 Å². The molecule has 1 atom stereocenters. The van der Waals surface area contributed by atoms with Crippen molar-refractivity contribution in [3.05, 3.63) is 29.6 Å². The van der Waals surface area contributed by atoms with E-state index in [9.17, 15) is 4.39 Å². The molecule has 1 aromatic carbocycles. The quantitative estimate of drug-likeness (QED) is 0.848. The largest absolute Gasteiger partial charge is 0.494 e. The second kappa shape index (κ2) is 5.50. The molecule has 3 heteroatoms. The minimum absolute atomic E-state index is 0.0930. The summed E-state index contributed by atoms with van der Waals surface area (Å²) in [6, 6.07) is 5.45. The molecule has 1 aliphatic rings. The molecule has 0 amide bonds. The molecule has 0 aliphatic heterocycles. The number of nitrogens with one attached hydrogen (secondary N) is 1. The number of hydrogen-bond donors (Lipinski definition) is 1. The Morgan fingerprint density at radius 1 is 1.47 bits per heavy atom. The van der Waals surface area contributed by atoms with Crippen LogP contribution in [-0.2, 0) is 0 Å². The van der Waals surface area contributed by atoms with Crippen molar-refractivity contribution in [3.63, 3.8) is 0 Å². The summed E-state index contributed by atoms with van der Waals surface area (Å²) in [5.74, 6) is 0.850. The molecule has 0 bridgehead atoms. The summed E-state index contributed by atoms with van der Waals surface area (Å²) >= 11 is 0. The van der Waals surface area contributed by atoms with Crippen LogP contribution in [0.1, 0.15) is 37.3 Å². The Balaban J connectivity index is 2.17. The van der Waals surface area contributed by atoms with Crippen LogP contribution in [0.5, 0.6) is 5.75 Å². The van der Waals surface area contributed by atoms with Gasteiger partial charge < -0.3 is 10.1 Å². The van der Waals surface area contributed by atoms with Crippen molar-refractivity contribution in [1.82, 2.24) is 5.32 Å². The Morgan fingerprint density at radius 2 is 2.24 bits per heavy atom. The van der Waals surface area contributed by atoms with Crippen LogP contribution in [0.15, 0.2) is 18.2 Å². The van der Waals surface area contributed by atoms with Crippen LogP contribution in [-0.4, -0.2) is 14.2 Å². The highest BCUT2D eigenvalue weighted by molar-refractivity contribution is 5.33. The molecular formula is C14H20FNO. The maximum atomic E-state index is 14.1. The van der Waals surface area contributed by atoms with Gasteiger partial charge in [0.1, 0.15) is 0 Å². The van der Waals surface area contributed by atoms with Crippen molar-refractivity contribution in [1.29, 1.82) is 0 Å². The highest BCUT2D eigenvalue weighted by Gasteiger charge is 2.24. The molecule has 2 nitrogen and oxygen atoms in total. The monoisotopic (exact) mass is 237 g/mol. The summed E-state index contributed by atoms with van der Waals surface area (Å²) in [4.78, 5) is 0. The molecule has 0 spiro atoms. The maximum Gasteiger partial charge on any atom is 0.169 e. The van der Waals surface area contributed by atoms with Gasteiger partial charge in [-0.15, -0.1) is 0 Å². The fraction of sp³-hybridized carbons (Fsp3) is 0.571. The lowest BCUT2D eigenvalue weighted by atomic mass is 9.79. The van der Waals surface area contributed by atoms with Crippen molar-refractivity contribution >= 4 is 0 Å². The summed E-state index contributed by atoms with van der Waals surface area (Å²) in [6.45, 7) is 0. The highest BCUT2D eigenvalue weighted by atomic mass is 19.1. The standard InChI is InChI=1S/C14H20FNO/c1-16-12(9-10-5-3-6-10)11-7-4-8-13(17-2)14(11)15/h4,7-8,10,12,16H,3,5-6,9H2,1-2H3. The van der Waals surface area contributed by atoms with Gasteiger partial charge in [0.2, 0.25) is 0 Å². The third-order valence-corrected chi connectivity index (χ3v) is 3.73. The second-order valence-electron chi connectivity index (χ2n) is 4.74. The van der Waals surface area contributed by atoms with Gasteiger partial charge in [0.15, 0.2) is 11.6 Å². The lowest BCUT2D eigenvalue weighted by molar-refractivity contribution is 0.262. The van der Waals surface area contributed by atoms with E-state index in [1.165, 1.54) is 26.4 Å². The summed E-state index contributed by atoms with van der Waals surface area (Å²) in [7, 11) is 3.39. The molecule has 0 aromatic heterocycles. The fourth-order valence-corrected chi connectivity index (χ4v) is 2.42. The van der Waals surface area contributed by atoms with E-state index in [-0.39, 0.29) is 11.9 Å². The van der Waals surface area contributed by atoms with E-state index in [0.717, 1.165) is 17.9 Å². The van der Waals surface area contributed by atoms with Crippen LogP contribution in [0.25, 0.3) is 0 Å². The Morgan fingerprint density at radius 3 is 2.76 bits per heavy atom. The molecule has 1 N–H and O–H groups in total. The second-order valence-corrected chi connectivity index (χ2v) is 4.74. The average Bonchev–Trinajstić information content (AvgIpc) is 2.29. The topological polar surface area (TPSA) is 21.3 Å². The van der Waals surface area contributed by atoms with Crippen molar-refractivity contribution in [2.45, 2.75) is 31.7 Å². The molecule has 2 rings (SSSR count). The number of benzene rings is 1. The smallest absolute Gasteiger partial charge is 0.169 e. The Kier molecular flexibility index (Phi) is 4.00. The van der Waals surface area contributed by atoms with E-state index in [2.05, 4.69) is 5.32 Å². The molecule has 1 fully saturated rings. The highest BCUT2D eigenvalue weighted by Crippen LogP contribution is 2.36. The van der Waals surface area contributed by atoms with Crippen LogP contribution in [0.3, 0.4) is 0 Å². The zero-order valence-corrected chi connectivity index (χ0v) is 10.5. The molecule has 1 unspecified atom stereocenters. The van der Waals surface area contributed by atoms with Crippen molar-refractivity contribution in [2.75, 3.05) is 14.2 Å². The van der Waals surface area contributed by atoms with E-state index < -0.39 is 0 Å². The number of halogens is 1. The first kappa shape index (κ1) is 12.4. The summed E-state index contributed by atoms with van der Waals surface area (Å²) < 4.78 is 19.1. The molecule has 0 radical (unpaired) electrons. The number of hydrogen-bond acceptors (Lipinski definition) is 2. The van der Waals surface area contributed by atoms with Gasteiger partial charge in [-0.1, -0.05) is 31.4 Å². The zero-order valence-electron chi connectivity index (χ0n) is 10.5. The molecule has 17 heavy (non-hydrogen) atoms. The molecular weight excluding hydrogens is 217 g/mol. The Labute approximate surface area is 102 Å². The fourth-order valence-electron chi connectivity index (χ4n) is 2.42. The number of ether oxygens (including phenoxy) is 1. The van der Waals surface area contributed by atoms with Crippen LogP contribution in [0.2, 0.25) is 0 Å². The lowest BCUT2D eigenvalue weighted by Gasteiger charge is -2.30. The van der Waals surface area contributed by atoms with E-state index >= 15 is 0 Å². The third kappa shape index (κ3) is 2.60. The molecule has 0 heterocycles. The normalized spacial score (nSPS) is 17.6. The molecule has 1 aromatic rings. The van der Waals surface area contributed by atoms with E-state index in [4.69, 9.17) is 4.74 Å². The Hall–Kier alpha value is -1.09. The lowest BCUT2D eigenvalue weighted by Crippen LogP contribution is -2.24. The van der Waals surface area contributed by atoms with E-state index in [1.807, 2.05) is 19.2 Å². The molecule has 1 aliphatic carbocycles. The molecule has 94 valence electrons. The predicted molar refractivity (Wildman–Crippen MR) is 66.7 cm³/mol. The number of rotatable bonds is 5.